The smallest absolute Gasteiger partial charge is 0.230 e. The molecule has 1 aromatic rings. The van der Waals surface area contributed by atoms with Crippen LogP contribution in [0.25, 0.3) is 0 Å². The first kappa shape index (κ1) is 14.1. The highest BCUT2D eigenvalue weighted by molar-refractivity contribution is 5.83. The van der Waals surface area contributed by atoms with E-state index in [1.165, 1.54) is 0 Å². The van der Waals surface area contributed by atoms with E-state index in [4.69, 9.17) is 0 Å². The van der Waals surface area contributed by atoms with Gasteiger partial charge in [-0.25, -0.2) is 0 Å². The maximum atomic E-state index is 12.7. The average molecular weight is 260 g/mol. The Labute approximate surface area is 116 Å². The van der Waals surface area contributed by atoms with Gasteiger partial charge in [-0.2, -0.15) is 0 Å². The third kappa shape index (κ3) is 3.57. The lowest BCUT2D eigenvalue weighted by Crippen LogP contribution is -2.37. The van der Waals surface area contributed by atoms with Crippen LogP contribution in [0, 0.1) is 0 Å². The molecule has 19 heavy (non-hydrogen) atoms. The fraction of sp³-hybridized carbons (Fsp3) is 0.562. The first-order chi connectivity index (χ1) is 9.22. The second-order valence-electron chi connectivity index (χ2n) is 5.35. The zero-order valence-electron chi connectivity index (χ0n) is 12.0. The summed E-state index contributed by atoms with van der Waals surface area (Å²) in [5, 5.41) is 0. The van der Waals surface area contributed by atoms with Gasteiger partial charge in [0, 0.05) is 19.6 Å². The summed E-state index contributed by atoms with van der Waals surface area (Å²) in [7, 11) is 2.13. The van der Waals surface area contributed by atoms with E-state index < -0.39 is 0 Å². The van der Waals surface area contributed by atoms with Crippen molar-refractivity contribution in [2.24, 2.45) is 0 Å². The third-order valence-electron chi connectivity index (χ3n) is 3.94. The van der Waals surface area contributed by atoms with Gasteiger partial charge in [0.1, 0.15) is 0 Å². The fourth-order valence-corrected chi connectivity index (χ4v) is 2.73. The lowest BCUT2D eigenvalue weighted by atomic mass is 9.95. The predicted molar refractivity (Wildman–Crippen MR) is 78.2 cm³/mol. The van der Waals surface area contributed by atoms with Gasteiger partial charge in [-0.3, -0.25) is 4.79 Å². The Balaban J connectivity index is 2.08. The molecule has 1 aromatic carbocycles. The monoisotopic (exact) mass is 260 g/mol. The van der Waals surface area contributed by atoms with Gasteiger partial charge in [-0.15, -0.1) is 0 Å². The van der Waals surface area contributed by atoms with Gasteiger partial charge in [0.25, 0.3) is 0 Å². The van der Waals surface area contributed by atoms with Crippen LogP contribution >= 0.6 is 0 Å². The molecule has 2 rings (SSSR count). The van der Waals surface area contributed by atoms with Crippen LogP contribution in [0.2, 0.25) is 0 Å². The zero-order valence-corrected chi connectivity index (χ0v) is 12.0. The van der Waals surface area contributed by atoms with Crippen molar-refractivity contribution < 1.29 is 4.79 Å². The number of carbonyl (C=O) groups excluding carboxylic acids is 1. The standard InChI is InChI=1S/C16H24N2O/c1-3-15(14-8-5-4-6-9-14)16(19)18-11-7-10-17(2)12-13-18/h4-6,8-9,15H,3,7,10-13H2,1-2H3/t15-/m1/s1. The van der Waals surface area contributed by atoms with E-state index in [0.717, 1.165) is 44.6 Å². The minimum Gasteiger partial charge on any atom is -0.341 e. The van der Waals surface area contributed by atoms with Crippen LogP contribution in [0.3, 0.4) is 0 Å². The van der Waals surface area contributed by atoms with Crippen molar-refractivity contribution in [1.82, 2.24) is 9.80 Å². The van der Waals surface area contributed by atoms with Crippen LogP contribution in [-0.2, 0) is 4.79 Å². The number of hydrogen-bond acceptors (Lipinski definition) is 2. The molecule has 0 saturated carbocycles. The van der Waals surface area contributed by atoms with Crippen molar-refractivity contribution >= 4 is 5.91 Å². The molecule has 104 valence electrons. The Morgan fingerprint density at radius 3 is 2.58 bits per heavy atom. The molecule has 3 heteroatoms. The Kier molecular flexibility index (Phi) is 4.97. The van der Waals surface area contributed by atoms with Gasteiger partial charge in [0.05, 0.1) is 5.92 Å². The Hall–Kier alpha value is -1.35. The predicted octanol–water partition coefficient (Wildman–Crippen LogP) is 2.34. The first-order valence-electron chi connectivity index (χ1n) is 7.24. The molecule has 1 saturated heterocycles. The van der Waals surface area contributed by atoms with E-state index in [2.05, 4.69) is 31.0 Å². The van der Waals surface area contributed by atoms with Crippen LogP contribution in [0.1, 0.15) is 31.2 Å². The molecule has 1 heterocycles. The molecule has 1 atom stereocenters. The number of nitrogens with zero attached hydrogens (tertiary/aromatic N) is 2. The van der Waals surface area contributed by atoms with Crippen LogP contribution in [-0.4, -0.2) is 48.9 Å². The Morgan fingerprint density at radius 1 is 1.16 bits per heavy atom. The molecule has 0 aliphatic carbocycles. The molecule has 0 spiro atoms. The third-order valence-corrected chi connectivity index (χ3v) is 3.94. The van der Waals surface area contributed by atoms with Crippen molar-refractivity contribution in [3.63, 3.8) is 0 Å². The van der Waals surface area contributed by atoms with Crippen molar-refractivity contribution in [3.8, 4) is 0 Å². The summed E-state index contributed by atoms with van der Waals surface area (Å²) in [6.07, 6.45) is 1.95. The van der Waals surface area contributed by atoms with Crippen molar-refractivity contribution in [1.29, 1.82) is 0 Å². The van der Waals surface area contributed by atoms with Gasteiger partial charge in [0.15, 0.2) is 0 Å². The summed E-state index contributed by atoms with van der Waals surface area (Å²) >= 11 is 0. The van der Waals surface area contributed by atoms with Gasteiger partial charge in [-0.05, 0) is 32.0 Å². The fourth-order valence-electron chi connectivity index (χ4n) is 2.73. The summed E-state index contributed by atoms with van der Waals surface area (Å²) in [4.78, 5) is 17.0. The van der Waals surface area contributed by atoms with Gasteiger partial charge < -0.3 is 9.80 Å². The van der Waals surface area contributed by atoms with E-state index in [9.17, 15) is 4.79 Å². The van der Waals surface area contributed by atoms with E-state index in [1.807, 2.05) is 23.1 Å². The molecule has 0 radical (unpaired) electrons. The number of hydrogen-bond donors (Lipinski definition) is 0. The van der Waals surface area contributed by atoms with Crippen LogP contribution in [0.15, 0.2) is 30.3 Å². The topological polar surface area (TPSA) is 23.6 Å². The van der Waals surface area contributed by atoms with Crippen molar-refractivity contribution in [3.05, 3.63) is 35.9 Å². The molecule has 0 unspecified atom stereocenters. The van der Waals surface area contributed by atoms with Crippen LogP contribution < -0.4 is 0 Å². The van der Waals surface area contributed by atoms with Crippen molar-refractivity contribution in [2.45, 2.75) is 25.7 Å². The maximum absolute atomic E-state index is 12.7. The highest BCUT2D eigenvalue weighted by Gasteiger charge is 2.25. The Bertz CT molecular complexity index is 404. The van der Waals surface area contributed by atoms with E-state index in [-0.39, 0.29) is 5.92 Å². The minimum absolute atomic E-state index is 0.0182. The van der Waals surface area contributed by atoms with E-state index >= 15 is 0 Å². The number of benzene rings is 1. The molecule has 1 aliphatic heterocycles. The highest BCUT2D eigenvalue weighted by Crippen LogP contribution is 2.22. The minimum atomic E-state index is 0.0182. The van der Waals surface area contributed by atoms with Gasteiger partial charge in [-0.1, -0.05) is 37.3 Å². The van der Waals surface area contributed by atoms with E-state index in [1.54, 1.807) is 0 Å². The van der Waals surface area contributed by atoms with Crippen LogP contribution in [0.4, 0.5) is 0 Å². The quantitative estimate of drug-likeness (QED) is 0.833. The first-order valence-corrected chi connectivity index (χ1v) is 7.24. The van der Waals surface area contributed by atoms with Gasteiger partial charge >= 0.3 is 0 Å². The largest absolute Gasteiger partial charge is 0.341 e. The maximum Gasteiger partial charge on any atom is 0.230 e. The molecule has 0 bridgehead atoms. The summed E-state index contributed by atoms with van der Waals surface area (Å²) in [5.41, 5.74) is 1.15. The number of carbonyl (C=O) groups is 1. The lowest BCUT2D eigenvalue weighted by Gasteiger charge is -2.25. The average Bonchev–Trinajstić information content (AvgIpc) is 2.65. The number of amides is 1. The molecular weight excluding hydrogens is 236 g/mol. The molecular formula is C16H24N2O. The molecule has 0 N–H and O–H groups in total. The summed E-state index contributed by atoms with van der Waals surface area (Å²) in [6, 6.07) is 10.2. The number of rotatable bonds is 3. The highest BCUT2D eigenvalue weighted by atomic mass is 16.2. The second kappa shape index (κ2) is 6.71. The van der Waals surface area contributed by atoms with Crippen molar-refractivity contribution in [2.75, 3.05) is 33.2 Å². The molecule has 3 nitrogen and oxygen atoms in total. The second-order valence-corrected chi connectivity index (χ2v) is 5.35. The molecule has 0 aromatic heterocycles. The summed E-state index contributed by atoms with van der Waals surface area (Å²) in [5.74, 6) is 0.314. The zero-order chi connectivity index (χ0) is 13.7. The number of likely N-dealkylation sites (N-methyl/N-ethyl adjacent to an activating group) is 1. The van der Waals surface area contributed by atoms with Crippen LogP contribution in [0.5, 0.6) is 0 Å². The molecule has 1 aliphatic rings. The lowest BCUT2D eigenvalue weighted by molar-refractivity contribution is -0.132. The van der Waals surface area contributed by atoms with E-state index in [0.29, 0.717) is 5.91 Å². The summed E-state index contributed by atoms with van der Waals surface area (Å²) in [6.45, 7) is 5.92. The normalized spacial score (nSPS) is 18.9. The molecule has 1 amide bonds. The van der Waals surface area contributed by atoms with Gasteiger partial charge in [0.2, 0.25) is 5.91 Å². The SMILES string of the molecule is CC[C@@H](C(=O)N1CCCN(C)CC1)c1ccccc1. The Morgan fingerprint density at radius 2 is 1.89 bits per heavy atom. The molecule has 1 fully saturated rings. The summed E-state index contributed by atoms with van der Waals surface area (Å²) < 4.78 is 0.